The fourth-order valence-corrected chi connectivity index (χ4v) is 3.21. The second kappa shape index (κ2) is 6.13. The summed E-state index contributed by atoms with van der Waals surface area (Å²) in [7, 11) is 0. The van der Waals surface area contributed by atoms with Crippen LogP contribution in [-0.2, 0) is 0 Å². The number of hydrogen-bond donors (Lipinski definition) is 2. The average molecular weight is 291 g/mol. The van der Waals surface area contributed by atoms with E-state index in [1.807, 2.05) is 4.68 Å². The lowest BCUT2D eigenvalue weighted by Crippen LogP contribution is -2.30. The molecular formula is C15H25N5O. The van der Waals surface area contributed by atoms with Gasteiger partial charge in [0.1, 0.15) is 0 Å². The summed E-state index contributed by atoms with van der Waals surface area (Å²) in [5.74, 6) is -0.0856. The Labute approximate surface area is 125 Å². The van der Waals surface area contributed by atoms with E-state index < -0.39 is 0 Å². The number of nitrogens with zero attached hydrogens (tertiary/aromatic N) is 3. The van der Waals surface area contributed by atoms with Crippen molar-refractivity contribution in [3.05, 3.63) is 11.9 Å². The van der Waals surface area contributed by atoms with Gasteiger partial charge in [-0.25, -0.2) is 4.68 Å². The molecule has 1 saturated carbocycles. The maximum absolute atomic E-state index is 12.2. The number of carbonyl (C=O) groups is 1. The van der Waals surface area contributed by atoms with Gasteiger partial charge in [0, 0.05) is 6.54 Å². The predicted molar refractivity (Wildman–Crippen MR) is 80.1 cm³/mol. The Kier molecular flexibility index (Phi) is 4.24. The average Bonchev–Trinajstić information content (AvgIpc) is 3.10. The third-order valence-corrected chi connectivity index (χ3v) is 4.79. The summed E-state index contributed by atoms with van der Waals surface area (Å²) < 4.78 is 1.86. The highest BCUT2D eigenvalue weighted by atomic mass is 16.2. The molecule has 2 heterocycles. The highest BCUT2D eigenvalue weighted by Gasteiger charge is 2.41. The largest absolute Gasteiger partial charge is 0.350 e. The van der Waals surface area contributed by atoms with Gasteiger partial charge in [-0.05, 0) is 50.6 Å². The lowest BCUT2D eigenvalue weighted by Gasteiger charge is -2.22. The molecule has 0 unspecified atom stereocenters. The second-order valence-electron chi connectivity index (χ2n) is 6.50. The van der Waals surface area contributed by atoms with Crippen LogP contribution in [0.3, 0.4) is 0 Å². The van der Waals surface area contributed by atoms with Crippen LogP contribution in [0.4, 0.5) is 0 Å². The van der Waals surface area contributed by atoms with Crippen molar-refractivity contribution in [2.45, 2.75) is 51.5 Å². The van der Waals surface area contributed by atoms with E-state index in [0.717, 1.165) is 32.5 Å². The fourth-order valence-electron chi connectivity index (χ4n) is 3.21. The third kappa shape index (κ3) is 3.43. The molecule has 3 rings (SSSR count). The lowest BCUT2D eigenvalue weighted by molar-refractivity contribution is 0.0938. The molecule has 1 aromatic heterocycles. The van der Waals surface area contributed by atoms with Gasteiger partial charge >= 0.3 is 0 Å². The molecule has 0 radical (unpaired) electrons. The molecular weight excluding hydrogens is 266 g/mol. The standard InChI is InChI=1S/C15H25N5O/c1-2-5-15(6-7-15)11-17-14(21)13-10-20(19-18-13)12-3-8-16-9-4-12/h10,12,16H,2-9,11H2,1H3,(H,17,21). The second-order valence-corrected chi connectivity index (χ2v) is 6.50. The zero-order valence-electron chi connectivity index (χ0n) is 12.8. The molecule has 2 N–H and O–H groups in total. The van der Waals surface area contributed by atoms with Crippen molar-refractivity contribution in [2.75, 3.05) is 19.6 Å². The van der Waals surface area contributed by atoms with Crippen LogP contribution in [0.5, 0.6) is 0 Å². The van der Waals surface area contributed by atoms with E-state index in [0.29, 0.717) is 17.2 Å². The van der Waals surface area contributed by atoms with Gasteiger partial charge in [0.15, 0.2) is 5.69 Å². The normalized spacial score (nSPS) is 21.2. The van der Waals surface area contributed by atoms with Gasteiger partial charge in [-0.3, -0.25) is 4.79 Å². The Morgan fingerprint density at radius 3 is 2.90 bits per heavy atom. The Hall–Kier alpha value is -1.43. The van der Waals surface area contributed by atoms with Crippen LogP contribution in [0, 0.1) is 5.41 Å². The molecule has 1 aromatic rings. The maximum Gasteiger partial charge on any atom is 0.273 e. The molecule has 0 atom stereocenters. The molecule has 0 aromatic carbocycles. The Balaban J connectivity index is 1.54. The molecule has 1 aliphatic heterocycles. The van der Waals surface area contributed by atoms with E-state index in [1.54, 1.807) is 6.20 Å². The van der Waals surface area contributed by atoms with E-state index >= 15 is 0 Å². The van der Waals surface area contributed by atoms with E-state index in [4.69, 9.17) is 0 Å². The molecule has 1 amide bonds. The first kappa shape index (κ1) is 14.5. The first-order valence-electron chi connectivity index (χ1n) is 8.13. The number of nitrogens with one attached hydrogen (secondary N) is 2. The maximum atomic E-state index is 12.2. The van der Waals surface area contributed by atoms with Gasteiger partial charge < -0.3 is 10.6 Å². The summed E-state index contributed by atoms with van der Waals surface area (Å²) in [5.41, 5.74) is 0.816. The highest BCUT2D eigenvalue weighted by Crippen LogP contribution is 2.48. The Morgan fingerprint density at radius 2 is 2.24 bits per heavy atom. The van der Waals surface area contributed by atoms with Crippen LogP contribution in [0.15, 0.2) is 6.20 Å². The van der Waals surface area contributed by atoms with Crippen LogP contribution in [0.1, 0.15) is 62.0 Å². The fraction of sp³-hybridized carbons (Fsp3) is 0.800. The van der Waals surface area contributed by atoms with Crippen LogP contribution in [0.25, 0.3) is 0 Å². The van der Waals surface area contributed by atoms with Crippen LogP contribution in [-0.4, -0.2) is 40.5 Å². The summed E-state index contributed by atoms with van der Waals surface area (Å²) in [6.45, 7) is 4.99. The third-order valence-electron chi connectivity index (χ3n) is 4.79. The number of hydrogen-bond acceptors (Lipinski definition) is 4. The number of carbonyl (C=O) groups excluding carboxylic acids is 1. The first-order chi connectivity index (χ1) is 10.2. The van der Waals surface area contributed by atoms with Gasteiger partial charge in [-0.1, -0.05) is 18.6 Å². The molecule has 2 fully saturated rings. The number of piperidine rings is 1. The van der Waals surface area contributed by atoms with E-state index in [1.165, 1.54) is 25.7 Å². The Morgan fingerprint density at radius 1 is 1.48 bits per heavy atom. The summed E-state index contributed by atoms with van der Waals surface area (Å²) in [6, 6.07) is 0.371. The smallest absolute Gasteiger partial charge is 0.273 e. The zero-order chi connectivity index (χ0) is 14.7. The molecule has 0 spiro atoms. The minimum atomic E-state index is -0.0856. The minimum Gasteiger partial charge on any atom is -0.350 e. The van der Waals surface area contributed by atoms with Gasteiger partial charge in [0.25, 0.3) is 5.91 Å². The first-order valence-corrected chi connectivity index (χ1v) is 8.13. The van der Waals surface area contributed by atoms with Gasteiger partial charge in [-0.15, -0.1) is 5.10 Å². The van der Waals surface area contributed by atoms with Crippen molar-refractivity contribution in [1.29, 1.82) is 0 Å². The van der Waals surface area contributed by atoms with Crippen LogP contribution in [0.2, 0.25) is 0 Å². The summed E-state index contributed by atoms with van der Waals surface area (Å²) in [6.07, 6.45) is 8.75. The molecule has 2 aliphatic rings. The van der Waals surface area contributed by atoms with Gasteiger partial charge in [0.2, 0.25) is 0 Å². The van der Waals surface area contributed by atoms with E-state index in [2.05, 4.69) is 27.9 Å². The molecule has 6 nitrogen and oxygen atoms in total. The number of aromatic nitrogens is 3. The van der Waals surface area contributed by atoms with Crippen molar-refractivity contribution in [1.82, 2.24) is 25.6 Å². The van der Waals surface area contributed by atoms with Crippen molar-refractivity contribution < 1.29 is 4.79 Å². The topological polar surface area (TPSA) is 71.8 Å². The molecule has 1 saturated heterocycles. The minimum absolute atomic E-state index is 0.0856. The number of amides is 1. The zero-order valence-corrected chi connectivity index (χ0v) is 12.8. The summed E-state index contributed by atoms with van der Waals surface area (Å²) in [4.78, 5) is 12.2. The predicted octanol–water partition coefficient (Wildman–Crippen LogP) is 1.51. The van der Waals surface area contributed by atoms with Crippen molar-refractivity contribution in [2.24, 2.45) is 5.41 Å². The molecule has 0 bridgehead atoms. The van der Waals surface area contributed by atoms with Crippen molar-refractivity contribution in [3.8, 4) is 0 Å². The molecule has 116 valence electrons. The monoisotopic (exact) mass is 291 g/mol. The van der Waals surface area contributed by atoms with Crippen LogP contribution < -0.4 is 10.6 Å². The lowest BCUT2D eigenvalue weighted by atomic mass is 10.0. The molecule has 1 aliphatic carbocycles. The molecule has 21 heavy (non-hydrogen) atoms. The quantitative estimate of drug-likeness (QED) is 0.833. The van der Waals surface area contributed by atoms with Gasteiger partial charge in [-0.2, -0.15) is 0 Å². The van der Waals surface area contributed by atoms with Gasteiger partial charge in [0.05, 0.1) is 12.2 Å². The number of rotatable bonds is 6. The molecule has 6 heteroatoms. The van der Waals surface area contributed by atoms with Crippen molar-refractivity contribution in [3.63, 3.8) is 0 Å². The SMILES string of the molecule is CCCC1(CNC(=O)c2cn(C3CCNCC3)nn2)CC1. The summed E-state index contributed by atoms with van der Waals surface area (Å²) in [5, 5.41) is 14.5. The van der Waals surface area contributed by atoms with Crippen molar-refractivity contribution >= 4 is 5.91 Å². The Bertz CT molecular complexity index is 488. The summed E-state index contributed by atoms with van der Waals surface area (Å²) >= 11 is 0. The van der Waals surface area contributed by atoms with E-state index in [9.17, 15) is 4.79 Å². The highest BCUT2D eigenvalue weighted by molar-refractivity contribution is 5.91. The van der Waals surface area contributed by atoms with E-state index in [-0.39, 0.29) is 5.91 Å². The van der Waals surface area contributed by atoms with Crippen LogP contribution >= 0.6 is 0 Å².